The Morgan fingerprint density at radius 2 is 1.66 bits per heavy atom. The Kier molecular flexibility index (Phi) is 6.08. The Labute approximate surface area is 203 Å². The van der Waals surface area contributed by atoms with Crippen LogP contribution in [0.3, 0.4) is 0 Å². The van der Waals surface area contributed by atoms with E-state index in [1.54, 1.807) is 49.4 Å². The summed E-state index contributed by atoms with van der Waals surface area (Å²) in [5.74, 6) is 1.91. The Morgan fingerprint density at radius 3 is 2.37 bits per heavy atom. The molecule has 0 amide bonds. The molecule has 0 bridgehead atoms. The van der Waals surface area contributed by atoms with E-state index in [2.05, 4.69) is 4.98 Å². The molecule has 4 aromatic rings. The summed E-state index contributed by atoms with van der Waals surface area (Å²) in [7, 11) is -0.697. The lowest BCUT2D eigenvalue weighted by atomic mass is 10.2. The van der Waals surface area contributed by atoms with Crippen LogP contribution in [-0.2, 0) is 16.4 Å². The van der Waals surface area contributed by atoms with E-state index < -0.39 is 9.84 Å². The van der Waals surface area contributed by atoms with Crippen molar-refractivity contribution in [1.82, 2.24) is 4.98 Å². The van der Waals surface area contributed by atoms with Crippen LogP contribution >= 0.6 is 0 Å². The molecule has 35 heavy (non-hydrogen) atoms. The van der Waals surface area contributed by atoms with Crippen molar-refractivity contribution in [1.29, 1.82) is 0 Å². The van der Waals surface area contributed by atoms with Gasteiger partial charge in [0.15, 0.2) is 11.5 Å². The number of aromatic nitrogens is 1. The molecule has 9 heteroatoms. The highest BCUT2D eigenvalue weighted by atomic mass is 32.2. The van der Waals surface area contributed by atoms with Crippen LogP contribution in [0.4, 0.5) is 5.88 Å². The highest BCUT2D eigenvalue weighted by molar-refractivity contribution is 7.91. The third-order valence-electron chi connectivity index (χ3n) is 5.60. The van der Waals surface area contributed by atoms with Gasteiger partial charge >= 0.3 is 0 Å². The largest absolute Gasteiger partial charge is 0.497 e. The molecule has 0 radical (unpaired) electrons. The summed E-state index contributed by atoms with van der Waals surface area (Å²) in [5, 5.41) is -0.168. The van der Waals surface area contributed by atoms with E-state index in [1.165, 1.54) is 12.1 Å². The van der Waals surface area contributed by atoms with Gasteiger partial charge in [-0.3, -0.25) is 0 Å². The molecule has 2 heterocycles. The molecular weight excluding hydrogens is 468 g/mol. The predicted octanol–water partition coefficient (Wildman–Crippen LogP) is 4.59. The number of benzene rings is 3. The van der Waals surface area contributed by atoms with Gasteiger partial charge in [-0.25, -0.2) is 8.42 Å². The lowest BCUT2D eigenvalue weighted by Crippen LogP contribution is -2.19. The van der Waals surface area contributed by atoms with E-state index in [4.69, 9.17) is 18.6 Å². The molecule has 0 atom stereocenters. The lowest BCUT2D eigenvalue weighted by Gasteiger charge is -2.19. The van der Waals surface area contributed by atoms with Crippen LogP contribution in [0, 0.1) is 0 Å². The van der Waals surface area contributed by atoms with Gasteiger partial charge in [-0.1, -0.05) is 30.3 Å². The van der Waals surface area contributed by atoms with E-state index in [1.807, 2.05) is 30.3 Å². The zero-order valence-electron chi connectivity index (χ0n) is 19.3. The predicted molar refractivity (Wildman–Crippen MR) is 130 cm³/mol. The van der Waals surface area contributed by atoms with Crippen molar-refractivity contribution in [3.8, 4) is 28.7 Å². The van der Waals surface area contributed by atoms with E-state index >= 15 is 0 Å². The van der Waals surface area contributed by atoms with Crippen LogP contribution in [-0.4, -0.2) is 40.8 Å². The average molecular weight is 493 g/mol. The fourth-order valence-corrected chi connectivity index (χ4v) is 5.17. The maximum atomic E-state index is 13.8. The number of fused-ring (bicyclic) bond motifs is 1. The van der Waals surface area contributed by atoms with Crippen molar-refractivity contribution in [2.45, 2.75) is 16.5 Å². The first-order valence-electron chi connectivity index (χ1n) is 11.0. The molecule has 0 saturated carbocycles. The number of sulfone groups is 1. The van der Waals surface area contributed by atoms with Crippen molar-refractivity contribution >= 4 is 15.7 Å². The molecular formula is C26H24N2O6S. The SMILES string of the molecule is COc1ccc(-c2nc(S(=O)(=O)c3ccc4c(c3)OCCO4)c(N(C)Cc3ccccc3)o2)cc1. The summed E-state index contributed by atoms with van der Waals surface area (Å²) in [6.07, 6.45) is 0. The minimum absolute atomic E-state index is 0.0469. The van der Waals surface area contributed by atoms with Gasteiger partial charge in [0.1, 0.15) is 19.0 Å². The highest BCUT2D eigenvalue weighted by Crippen LogP contribution is 2.38. The Hall–Kier alpha value is -3.98. The maximum Gasteiger partial charge on any atom is 0.236 e. The monoisotopic (exact) mass is 492 g/mol. The molecule has 1 aliphatic rings. The van der Waals surface area contributed by atoms with Crippen LogP contribution < -0.4 is 19.1 Å². The summed E-state index contributed by atoms with van der Waals surface area (Å²) >= 11 is 0. The fraction of sp³-hybridized carbons (Fsp3) is 0.192. The molecule has 1 aliphatic heterocycles. The first kappa shape index (κ1) is 22.8. The van der Waals surface area contributed by atoms with Crippen molar-refractivity contribution in [3.63, 3.8) is 0 Å². The van der Waals surface area contributed by atoms with Gasteiger partial charge in [0, 0.05) is 25.2 Å². The molecule has 0 spiro atoms. The summed E-state index contributed by atoms with van der Waals surface area (Å²) in [6.45, 7) is 1.21. The van der Waals surface area contributed by atoms with E-state index in [-0.39, 0.29) is 21.7 Å². The minimum Gasteiger partial charge on any atom is -0.497 e. The fourth-order valence-electron chi connectivity index (χ4n) is 3.80. The number of hydrogen-bond donors (Lipinski definition) is 0. The van der Waals surface area contributed by atoms with Crippen LogP contribution in [0.5, 0.6) is 17.2 Å². The number of anilines is 1. The quantitative estimate of drug-likeness (QED) is 0.370. The average Bonchev–Trinajstić information content (AvgIpc) is 3.36. The molecule has 0 fully saturated rings. The Morgan fingerprint density at radius 1 is 0.943 bits per heavy atom. The normalized spacial score (nSPS) is 12.9. The standard InChI is InChI=1S/C26H24N2O6S/c1-28(17-18-6-4-3-5-7-18)26-25(27-24(34-26)19-8-10-20(31-2)11-9-19)35(29,30)21-12-13-22-23(16-21)33-15-14-32-22/h3-13,16H,14-15,17H2,1-2H3. The van der Waals surface area contributed by atoms with E-state index in [0.29, 0.717) is 42.6 Å². The lowest BCUT2D eigenvalue weighted by molar-refractivity contribution is 0.171. The van der Waals surface area contributed by atoms with Gasteiger partial charge in [-0.05, 0) is 42.0 Å². The Balaban J connectivity index is 1.59. The summed E-state index contributed by atoms with van der Waals surface area (Å²) in [4.78, 5) is 6.23. The third kappa shape index (κ3) is 4.54. The molecule has 0 unspecified atom stereocenters. The van der Waals surface area contributed by atoms with Crippen molar-refractivity contribution in [2.24, 2.45) is 0 Å². The highest BCUT2D eigenvalue weighted by Gasteiger charge is 2.31. The van der Waals surface area contributed by atoms with Crippen LogP contribution in [0.1, 0.15) is 5.56 Å². The van der Waals surface area contributed by atoms with Gasteiger partial charge < -0.3 is 23.5 Å². The van der Waals surface area contributed by atoms with E-state index in [0.717, 1.165) is 5.56 Å². The molecule has 8 nitrogen and oxygen atoms in total. The third-order valence-corrected chi connectivity index (χ3v) is 7.25. The van der Waals surface area contributed by atoms with Crippen LogP contribution in [0.25, 0.3) is 11.5 Å². The molecule has 5 rings (SSSR count). The Bertz CT molecular complexity index is 1430. The number of methoxy groups -OCH3 is 1. The first-order valence-corrected chi connectivity index (χ1v) is 12.5. The van der Waals surface area contributed by atoms with Gasteiger partial charge in [-0.15, -0.1) is 0 Å². The molecule has 3 aromatic carbocycles. The van der Waals surface area contributed by atoms with Gasteiger partial charge in [0.05, 0.1) is 12.0 Å². The maximum absolute atomic E-state index is 13.8. The second-order valence-corrected chi connectivity index (χ2v) is 9.87. The first-order chi connectivity index (χ1) is 17.0. The van der Waals surface area contributed by atoms with Gasteiger partial charge in [0.2, 0.25) is 26.6 Å². The van der Waals surface area contributed by atoms with Crippen molar-refractivity contribution in [2.75, 3.05) is 32.3 Å². The summed E-state index contributed by atoms with van der Waals surface area (Å²) in [6, 6.07) is 21.3. The topological polar surface area (TPSA) is 91.1 Å². The second-order valence-electron chi connectivity index (χ2n) is 8.01. The van der Waals surface area contributed by atoms with E-state index in [9.17, 15) is 8.42 Å². The molecule has 0 saturated heterocycles. The van der Waals surface area contributed by atoms with Crippen molar-refractivity contribution in [3.05, 3.63) is 78.4 Å². The number of hydrogen-bond acceptors (Lipinski definition) is 8. The molecule has 180 valence electrons. The van der Waals surface area contributed by atoms with Crippen LogP contribution in [0.2, 0.25) is 0 Å². The zero-order valence-corrected chi connectivity index (χ0v) is 20.1. The van der Waals surface area contributed by atoms with Crippen molar-refractivity contribution < 1.29 is 27.0 Å². The number of ether oxygens (including phenoxy) is 3. The second kappa shape index (κ2) is 9.34. The minimum atomic E-state index is -4.05. The van der Waals surface area contributed by atoms with Gasteiger partial charge in [0.25, 0.3) is 0 Å². The molecule has 0 N–H and O–H groups in total. The zero-order chi connectivity index (χ0) is 24.4. The number of rotatable bonds is 7. The summed E-state index contributed by atoms with van der Waals surface area (Å²) in [5.41, 5.74) is 1.63. The van der Waals surface area contributed by atoms with Crippen LogP contribution in [0.15, 0.2) is 87.1 Å². The smallest absolute Gasteiger partial charge is 0.236 e. The summed E-state index contributed by atoms with van der Waals surface area (Å²) < 4.78 is 50.0. The molecule has 0 aliphatic carbocycles. The number of nitrogens with zero attached hydrogens (tertiary/aromatic N) is 2. The van der Waals surface area contributed by atoms with Gasteiger partial charge in [-0.2, -0.15) is 4.98 Å². The number of oxazole rings is 1. The molecule has 1 aromatic heterocycles.